The van der Waals surface area contributed by atoms with Gasteiger partial charge in [-0.05, 0) is 48.7 Å². The highest BCUT2D eigenvalue weighted by Crippen LogP contribution is 2.38. The summed E-state index contributed by atoms with van der Waals surface area (Å²) in [7, 11) is 3.20. The van der Waals surface area contributed by atoms with Gasteiger partial charge in [0.1, 0.15) is 0 Å². The maximum absolute atomic E-state index is 10.7. The Balaban J connectivity index is 2.11. The number of anilines is 1. The summed E-state index contributed by atoms with van der Waals surface area (Å²) in [5, 5.41) is 12.1. The molecule has 0 atom stereocenters. The monoisotopic (exact) mass is 359 g/mol. The Hall–Kier alpha value is -2.89. The molecular weight excluding hydrogens is 334 g/mol. The highest BCUT2D eigenvalue weighted by atomic mass is 16.5. The van der Waals surface area contributed by atoms with Gasteiger partial charge in [-0.1, -0.05) is 12.1 Å². The third-order valence-corrected chi connectivity index (χ3v) is 3.86. The third-order valence-electron chi connectivity index (χ3n) is 3.86. The highest BCUT2D eigenvalue weighted by Gasteiger charge is 2.13. The number of carboxylic acids is 1. The molecule has 2 aromatic carbocycles. The minimum atomic E-state index is -0.794. The van der Waals surface area contributed by atoms with Crippen LogP contribution in [-0.2, 0) is 17.8 Å². The Morgan fingerprint density at radius 2 is 1.77 bits per heavy atom. The molecule has 6 heteroatoms. The quantitative estimate of drug-likeness (QED) is 0.673. The summed E-state index contributed by atoms with van der Waals surface area (Å²) >= 11 is 0. The Morgan fingerprint density at radius 1 is 1.08 bits per heavy atom. The van der Waals surface area contributed by atoms with Crippen molar-refractivity contribution in [2.24, 2.45) is 0 Å². The van der Waals surface area contributed by atoms with Crippen molar-refractivity contribution >= 4 is 11.7 Å². The van der Waals surface area contributed by atoms with E-state index in [4.69, 9.17) is 19.3 Å². The first-order valence-electron chi connectivity index (χ1n) is 8.49. The summed E-state index contributed by atoms with van der Waals surface area (Å²) in [5.74, 6) is 1.05. The van der Waals surface area contributed by atoms with Crippen molar-refractivity contribution in [2.45, 2.75) is 26.3 Å². The van der Waals surface area contributed by atoms with Gasteiger partial charge in [-0.15, -0.1) is 0 Å². The molecule has 2 aromatic rings. The lowest BCUT2D eigenvalue weighted by Gasteiger charge is -2.16. The lowest BCUT2D eigenvalue weighted by atomic mass is 10.1. The predicted molar refractivity (Wildman–Crippen MR) is 100 cm³/mol. The number of ether oxygens (including phenoxy) is 3. The van der Waals surface area contributed by atoms with Crippen LogP contribution < -0.4 is 19.5 Å². The smallest absolute Gasteiger partial charge is 0.303 e. The Morgan fingerprint density at radius 3 is 2.35 bits per heavy atom. The van der Waals surface area contributed by atoms with E-state index in [0.717, 1.165) is 16.8 Å². The van der Waals surface area contributed by atoms with E-state index in [1.54, 1.807) is 14.2 Å². The summed E-state index contributed by atoms with van der Waals surface area (Å²) in [4.78, 5) is 10.7. The van der Waals surface area contributed by atoms with Gasteiger partial charge >= 0.3 is 5.97 Å². The van der Waals surface area contributed by atoms with Crippen molar-refractivity contribution in [2.75, 3.05) is 26.1 Å². The summed E-state index contributed by atoms with van der Waals surface area (Å²) < 4.78 is 16.4. The van der Waals surface area contributed by atoms with Crippen LogP contribution >= 0.6 is 0 Å². The molecule has 0 aliphatic heterocycles. The van der Waals surface area contributed by atoms with Gasteiger partial charge in [0, 0.05) is 18.7 Å². The number of benzene rings is 2. The van der Waals surface area contributed by atoms with Gasteiger partial charge in [0.2, 0.25) is 5.75 Å². The minimum Gasteiger partial charge on any atom is -0.493 e. The van der Waals surface area contributed by atoms with Crippen LogP contribution in [0.1, 0.15) is 24.5 Å². The van der Waals surface area contributed by atoms with Gasteiger partial charge < -0.3 is 24.6 Å². The first-order valence-corrected chi connectivity index (χ1v) is 8.49. The molecule has 2 N–H and O–H groups in total. The van der Waals surface area contributed by atoms with Crippen LogP contribution in [-0.4, -0.2) is 31.9 Å². The first kappa shape index (κ1) is 19.4. The van der Waals surface area contributed by atoms with Crippen LogP contribution in [0, 0.1) is 0 Å². The van der Waals surface area contributed by atoms with Crippen LogP contribution in [0.25, 0.3) is 0 Å². The second-order valence-electron chi connectivity index (χ2n) is 5.71. The largest absolute Gasteiger partial charge is 0.493 e. The summed E-state index contributed by atoms with van der Waals surface area (Å²) in [6, 6.07) is 11.6. The molecule has 0 spiro atoms. The van der Waals surface area contributed by atoms with E-state index in [0.29, 0.717) is 36.8 Å². The van der Waals surface area contributed by atoms with Crippen molar-refractivity contribution < 1.29 is 24.1 Å². The van der Waals surface area contributed by atoms with E-state index in [2.05, 4.69) is 5.32 Å². The van der Waals surface area contributed by atoms with E-state index in [1.807, 2.05) is 43.3 Å². The van der Waals surface area contributed by atoms with Gasteiger partial charge in [-0.3, -0.25) is 4.79 Å². The Labute approximate surface area is 153 Å². The van der Waals surface area contributed by atoms with E-state index in [1.165, 1.54) is 0 Å². The fourth-order valence-electron chi connectivity index (χ4n) is 2.62. The lowest BCUT2D eigenvalue weighted by Crippen LogP contribution is -2.04. The molecule has 2 rings (SSSR count). The summed E-state index contributed by atoms with van der Waals surface area (Å²) in [6.07, 6.45) is 0.631. The number of rotatable bonds is 10. The van der Waals surface area contributed by atoms with Crippen molar-refractivity contribution in [3.63, 3.8) is 0 Å². The molecule has 6 nitrogen and oxygen atoms in total. The number of hydrogen-bond donors (Lipinski definition) is 2. The molecule has 0 bridgehead atoms. The first-order chi connectivity index (χ1) is 12.6. The van der Waals surface area contributed by atoms with E-state index < -0.39 is 5.97 Å². The number of hydrogen-bond acceptors (Lipinski definition) is 5. The van der Waals surface area contributed by atoms with Gasteiger partial charge in [0.05, 0.1) is 20.8 Å². The Bertz CT molecular complexity index is 720. The fourth-order valence-corrected chi connectivity index (χ4v) is 2.62. The number of nitrogens with one attached hydrogen (secondary N) is 1. The average Bonchev–Trinajstić information content (AvgIpc) is 2.65. The van der Waals surface area contributed by atoms with Crippen LogP contribution in [0.15, 0.2) is 36.4 Å². The van der Waals surface area contributed by atoms with E-state index in [9.17, 15) is 4.79 Å². The number of methoxy groups -OCH3 is 2. The molecule has 0 heterocycles. The molecule has 0 aliphatic rings. The van der Waals surface area contributed by atoms with Gasteiger partial charge in [-0.2, -0.15) is 0 Å². The van der Waals surface area contributed by atoms with Crippen molar-refractivity contribution in [3.05, 3.63) is 47.5 Å². The van der Waals surface area contributed by atoms with Crippen LogP contribution in [0.4, 0.5) is 5.69 Å². The van der Waals surface area contributed by atoms with Gasteiger partial charge in [0.25, 0.3) is 0 Å². The maximum atomic E-state index is 10.7. The van der Waals surface area contributed by atoms with Crippen LogP contribution in [0.5, 0.6) is 17.2 Å². The molecule has 0 radical (unpaired) electrons. The van der Waals surface area contributed by atoms with Crippen molar-refractivity contribution in [3.8, 4) is 17.2 Å². The molecule has 140 valence electrons. The summed E-state index contributed by atoms with van der Waals surface area (Å²) in [5.41, 5.74) is 2.90. The number of aliphatic carboxylic acids is 1. The minimum absolute atomic E-state index is 0.122. The second kappa shape index (κ2) is 9.56. The zero-order valence-electron chi connectivity index (χ0n) is 15.4. The van der Waals surface area contributed by atoms with Gasteiger partial charge in [-0.25, -0.2) is 0 Å². The SMILES string of the molecule is CCOc1c(OC)cc(CNc2cccc(CCC(=O)O)c2)cc1OC. The molecule has 0 saturated heterocycles. The average molecular weight is 359 g/mol. The Kier molecular flexibility index (Phi) is 7.14. The van der Waals surface area contributed by atoms with Crippen LogP contribution in [0.3, 0.4) is 0 Å². The van der Waals surface area contributed by atoms with Gasteiger partial charge in [0.15, 0.2) is 11.5 Å². The predicted octanol–water partition coefficient (Wildman–Crippen LogP) is 3.73. The molecule has 0 unspecified atom stereocenters. The highest BCUT2D eigenvalue weighted by molar-refractivity contribution is 5.67. The molecule has 0 amide bonds. The molecular formula is C20H25NO5. The van der Waals surface area contributed by atoms with Crippen LogP contribution in [0.2, 0.25) is 0 Å². The molecule has 0 aliphatic carbocycles. The molecule has 0 aromatic heterocycles. The number of aryl methyl sites for hydroxylation is 1. The lowest BCUT2D eigenvalue weighted by molar-refractivity contribution is -0.136. The zero-order valence-corrected chi connectivity index (χ0v) is 15.4. The normalized spacial score (nSPS) is 10.3. The maximum Gasteiger partial charge on any atom is 0.303 e. The van der Waals surface area contributed by atoms with Crippen molar-refractivity contribution in [1.82, 2.24) is 0 Å². The molecule has 26 heavy (non-hydrogen) atoms. The third kappa shape index (κ3) is 5.31. The fraction of sp³-hybridized carbons (Fsp3) is 0.350. The van der Waals surface area contributed by atoms with E-state index >= 15 is 0 Å². The number of carboxylic acid groups (broad SMARTS) is 1. The zero-order chi connectivity index (χ0) is 18.9. The second-order valence-corrected chi connectivity index (χ2v) is 5.71. The topological polar surface area (TPSA) is 77.0 Å². The molecule has 0 saturated carbocycles. The van der Waals surface area contributed by atoms with Crippen molar-refractivity contribution in [1.29, 1.82) is 0 Å². The standard InChI is InChI=1S/C20H25NO5/c1-4-26-20-17(24-2)11-15(12-18(20)25-3)13-21-16-7-5-6-14(10-16)8-9-19(22)23/h5-7,10-12,21H,4,8-9,13H2,1-3H3,(H,22,23). The number of carbonyl (C=O) groups is 1. The summed E-state index contributed by atoms with van der Waals surface area (Å²) in [6.45, 7) is 3.00. The molecule has 0 fully saturated rings. The van der Waals surface area contributed by atoms with E-state index in [-0.39, 0.29) is 6.42 Å².